The minimum Gasteiger partial charge on any atom is -0.461 e. The minimum absolute atomic E-state index is 0.208. The molecule has 3 heterocycles. The highest BCUT2D eigenvalue weighted by atomic mass is 16.5. The first kappa shape index (κ1) is 20.7. The summed E-state index contributed by atoms with van der Waals surface area (Å²) in [4.78, 5) is 23.3. The number of rotatable bonds is 5. The molecule has 8 nitrogen and oxygen atoms in total. The normalized spacial score (nSPS) is 18.8. The molecule has 1 aromatic heterocycles. The Morgan fingerprint density at radius 2 is 1.83 bits per heavy atom. The zero-order chi connectivity index (χ0) is 20.8. The number of hydrogen-bond donors (Lipinski definition) is 1. The third-order valence-electron chi connectivity index (χ3n) is 5.74. The van der Waals surface area contributed by atoms with Gasteiger partial charge in [-0.2, -0.15) is 0 Å². The molecular weight excluding hydrogens is 382 g/mol. The largest absolute Gasteiger partial charge is 0.461 e. The fourth-order valence-electron chi connectivity index (χ4n) is 4.01. The lowest BCUT2D eigenvalue weighted by molar-refractivity contribution is -0.136. The quantitative estimate of drug-likeness (QED) is 0.583. The molecule has 0 atom stereocenters. The highest BCUT2D eigenvalue weighted by molar-refractivity contribution is 5.80. The Morgan fingerprint density at radius 1 is 1.07 bits per heavy atom. The first-order chi connectivity index (χ1) is 14.7. The van der Waals surface area contributed by atoms with Gasteiger partial charge in [-0.3, -0.25) is 14.7 Å². The number of carbonyl (C=O) groups is 1. The van der Waals surface area contributed by atoms with E-state index in [1.54, 1.807) is 0 Å². The van der Waals surface area contributed by atoms with E-state index in [1.807, 2.05) is 30.1 Å². The number of nitrogens with zero attached hydrogens (tertiary/aromatic N) is 4. The summed E-state index contributed by atoms with van der Waals surface area (Å²) in [6, 6.07) is 10.2. The molecule has 0 saturated carbocycles. The number of aliphatic imine (C=N–C) groups is 1. The summed E-state index contributed by atoms with van der Waals surface area (Å²) in [5, 5.41) is 4.59. The van der Waals surface area contributed by atoms with E-state index in [0.29, 0.717) is 32.8 Å². The van der Waals surface area contributed by atoms with E-state index in [-0.39, 0.29) is 5.91 Å². The number of guanidine groups is 1. The predicted molar refractivity (Wildman–Crippen MR) is 117 cm³/mol. The van der Waals surface area contributed by atoms with Crippen molar-refractivity contribution >= 4 is 22.8 Å². The molecule has 0 spiro atoms. The van der Waals surface area contributed by atoms with Crippen LogP contribution in [-0.2, 0) is 16.0 Å². The lowest BCUT2D eigenvalue weighted by Crippen LogP contribution is -2.55. The molecule has 0 radical (unpaired) electrons. The Balaban J connectivity index is 1.20. The zero-order valence-electron chi connectivity index (χ0n) is 17.7. The van der Waals surface area contributed by atoms with Crippen molar-refractivity contribution in [3.8, 4) is 0 Å². The molecule has 8 heteroatoms. The molecule has 2 aliphatic rings. The molecule has 2 aromatic rings. The molecule has 4 rings (SSSR count). The number of para-hydroxylation sites is 1. The predicted octanol–water partition coefficient (Wildman–Crippen LogP) is 1.03. The van der Waals surface area contributed by atoms with Gasteiger partial charge in [0.2, 0.25) is 5.91 Å². The van der Waals surface area contributed by atoms with Gasteiger partial charge in [0, 0.05) is 64.7 Å². The van der Waals surface area contributed by atoms with Gasteiger partial charge < -0.3 is 24.3 Å². The Kier molecular flexibility index (Phi) is 6.86. The maximum atomic E-state index is 12.4. The smallest absolute Gasteiger partial charge is 0.236 e. The van der Waals surface area contributed by atoms with E-state index >= 15 is 0 Å². The standard InChI is InChI=1S/C22H31N5O3/c1-23-22(24-7-6-19-16-18-4-2-3-5-20(18)30-19)27-10-8-25(9-11-27)17-21(28)26-12-14-29-15-13-26/h2-5,16H,6-15,17H2,1H3,(H,23,24). The SMILES string of the molecule is CN=C(NCCc1cc2ccccc2o1)N1CCN(CC(=O)N2CCOCC2)CC1. The van der Waals surface area contributed by atoms with E-state index in [9.17, 15) is 4.79 Å². The van der Waals surface area contributed by atoms with Crippen LogP contribution < -0.4 is 5.32 Å². The maximum Gasteiger partial charge on any atom is 0.236 e. The van der Waals surface area contributed by atoms with Crippen molar-refractivity contribution in [2.75, 3.05) is 72.6 Å². The second-order valence-electron chi connectivity index (χ2n) is 7.73. The van der Waals surface area contributed by atoms with Crippen LogP contribution in [0.5, 0.6) is 0 Å². The Labute approximate surface area is 177 Å². The number of fused-ring (bicyclic) bond motifs is 1. The Morgan fingerprint density at radius 3 is 2.57 bits per heavy atom. The van der Waals surface area contributed by atoms with Crippen LogP contribution in [0.15, 0.2) is 39.7 Å². The number of benzene rings is 1. The summed E-state index contributed by atoms with van der Waals surface area (Å²) in [7, 11) is 1.82. The van der Waals surface area contributed by atoms with Crippen LogP contribution in [0.1, 0.15) is 5.76 Å². The summed E-state index contributed by atoms with van der Waals surface area (Å²) >= 11 is 0. The van der Waals surface area contributed by atoms with Gasteiger partial charge in [0.1, 0.15) is 11.3 Å². The second kappa shape index (κ2) is 9.95. The number of piperazine rings is 1. The molecule has 30 heavy (non-hydrogen) atoms. The number of carbonyl (C=O) groups excluding carboxylic acids is 1. The molecule has 0 bridgehead atoms. The second-order valence-corrected chi connectivity index (χ2v) is 7.73. The Hall–Kier alpha value is -2.58. The first-order valence-electron chi connectivity index (χ1n) is 10.7. The van der Waals surface area contributed by atoms with Crippen LogP contribution in [0.4, 0.5) is 0 Å². The van der Waals surface area contributed by atoms with Gasteiger partial charge in [-0.05, 0) is 12.1 Å². The number of furan rings is 1. The maximum absolute atomic E-state index is 12.4. The third kappa shape index (κ3) is 5.12. The molecule has 162 valence electrons. The minimum atomic E-state index is 0.208. The van der Waals surface area contributed by atoms with Gasteiger partial charge in [-0.15, -0.1) is 0 Å². The van der Waals surface area contributed by atoms with Gasteiger partial charge in [0.25, 0.3) is 0 Å². The van der Waals surface area contributed by atoms with Crippen molar-refractivity contribution in [1.29, 1.82) is 0 Å². The van der Waals surface area contributed by atoms with Crippen LogP contribution in [0.25, 0.3) is 11.0 Å². The zero-order valence-corrected chi connectivity index (χ0v) is 17.7. The van der Waals surface area contributed by atoms with Crippen molar-refractivity contribution in [2.45, 2.75) is 6.42 Å². The average molecular weight is 414 g/mol. The molecule has 1 amide bonds. The van der Waals surface area contributed by atoms with Crippen molar-refractivity contribution in [3.63, 3.8) is 0 Å². The van der Waals surface area contributed by atoms with Gasteiger partial charge in [0.05, 0.1) is 19.8 Å². The topological polar surface area (TPSA) is 73.6 Å². The van der Waals surface area contributed by atoms with E-state index in [2.05, 4.69) is 32.2 Å². The first-order valence-corrected chi connectivity index (χ1v) is 10.7. The molecule has 1 aromatic carbocycles. The molecule has 1 N–H and O–H groups in total. The lowest BCUT2D eigenvalue weighted by atomic mass is 10.2. The lowest BCUT2D eigenvalue weighted by Gasteiger charge is -2.37. The van der Waals surface area contributed by atoms with Crippen LogP contribution in [0.3, 0.4) is 0 Å². The average Bonchev–Trinajstić information content (AvgIpc) is 3.21. The number of hydrogen-bond acceptors (Lipinski definition) is 5. The highest BCUT2D eigenvalue weighted by Crippen LogP contribution is 2.18. The summed E-state index contributed by atoms with van der Waals surface area (Å²) in [6.45, 7) is 7.42. The molecule has 2 fully saturated rings. The van der Waals surface area contributed by atoms with Gasteiger partial charge in [0.15, 0.2) is 5.96 Å². The van der Waals surface area contributed by atoms with Crippen LogP contribution in [0.2, 0.25) is 0 Å². The summed E-state index contributed by atoms with van der Waals surface area (Å²) < 4.78 is 11.2. The fourth-order valence-corrected chi connectivity index (χ4v) is 4.01. The molecule has 0 unspecified atom stereocenters. The van der Waals surface area contributed by atoms with Crippen molar-refractivity contribution in [1.82, 2.24) is 20.0 Å². The van der Waals surface area contributed by atoms with E-state index in [4.69, 9.17) is 9.15 Å². The summed E-state index contributed by atoms with van der Waals surface area (Å²) in [5.41, 5.74) is 0.930. The van der Waals surface area contributed by atoms with Crippen molar-refractivity contribution < 1.29 is 13.9 Å². The van der Waals surface area contributed by atoms with Crippen LogP contribution in [-0.4, -0.2) is 99.2 Å². The number of amides is 1. The summed E-state index contributed by atoms with van der Waals surface area (Å²) in [5.74, 6) is 2.09. The van der Waals surface area contributed by atoms with E-state index in [0.717, 1.165) is 61.8 Å². The van der Waals surface area contributed by atoms with E-state index in [1.165, 1.54) is 0 Å². The molecule has 2 saturated heterocycles. The highest BCUT2D eigenvalue weighted by Gasteiger charge is 2.24. The Bertz CT molecular complexity index is 834. The third-order valence-corrected chi connectivity index (χ3v) is 5.74. The van der Waals surface area contributed by atoms with Gasteiger partial charge in [-0.25, -0.2) is 0 Å². The summed E-state index contributed by atoms with van der Waals surface area (Å²) in [6.07, 6.45) is 0.807. The van der Waals surface area contributed by atoms with Crippen LogP contribution >= 0.6 is 0 Å². The molecular formula is C22H31N5O3. The van der Waals surface area contributed by atoms with Gasteiger partial charge in [-0.1, -0.05) is 18.2 Å². The molecule has 0 aliphatic carbocycles. The monoisotopic (exact) mass is 413 g/mol. The fraction of sp³-hybridized carbons (Fsp3) is 0.545. The van der Waals surface area contributed by atoms with Crippen LogP contribution in [0, 0.1) is 0 Å². The molecule has 2 aliphatic heterocycles. The van der Waals surface area contributed by atoms with Crippen molar-refractivity contribution in [3.05, 3.63) is 36.1 Å². The number of ether oxygens (including phenoxy) is 1. The number of morpholine rings is 1. The van der Waals surface area contributed by atoms with Gasteiger partial charge >= 0.3 is 0 Å². The number of nitrogens with one attached hydrogen (secondary N) is 1. The van der Waals surface area contributed by atoms with E-state index < -0.39 is 0 Å². The van der Waals surface area contributed by atoms with Crippen molar-refractivity contribution in [2.24, 2.45) is 4.99 Å².